The van der Waals surface area contributed by atoms with E-state index in [0.717, 1.165) is 4.57 Å². The molecule has 2 aromatic rings. The lowest BCUT2D eigenvalue weighted by molar-refractivity contribution is 0.635. The van der Waals surface area contributed by atoms with Crippen LogP contribution in [0.4, 0.5) is 0 Å². The van der Waals surface area contributed by atoms with E-state index >= 15 is 0 Å². The van der Waals surface area contributed by atoms with Gasteiger partial charge in [-0.05, 0) is 18.5 Å². The molecule has 0 saturated heterocycles. The van der Waals surface area contributed by atoms with E-state index in [2.05, 4.69) is 4.98 Å². The van der Waals surface area contributed by atoms with Crippen molar-refractivity contribution in [2.24, 2.45) is 14.1 Å². The SMILES string of the molecule is CCn1c(=O)c2c(nc(Cl)n2C)n(C)c1=O. The van der Waals surface area contributed by atoms with Crippen molar-refractivity contribution in [2.75, 3.05) is 0 Å². The van der Waals surface area contributed by atoms with Gasteiger partial charge in [0.15, 0.2) is 11.2 Å². The molecule has 86 valence electrons. The Morgan fingerprint density at radius 1 is 1.25 bits per heavy atom. The van der Waals surface area contributed by atoms with Gasteiger partial charge in [0.1, 0.15) is 0 Å². The first-order valence-electron chi connectivity index (χ1n) is 4.80. The van der Waals surface area contributed by atoms with Crippen LogP contribution in [0.5, 0.6) is 0 Å². The van der Waals surface area contributed by atoms with Crippen LogP contribution in [-0.4, -0.2) is 18.7 Å². The molecule has 2 rings (SSSR count). The minimum atomic E-state index is -0.380. The quantitative estimate of drug-likeness (QED) is 0.667. The van der Waals surface area contributed by atoms with Crippen LogP contribution >= 0.6 is 11.6 Å². The van der Waals surface area contributed by atoms with Crippen molar-refractivity contribution in [2.45, 2.75) is 13.5 Å². The second-order valence-electron chi connectivity index (χ2n) is 3.50. The van der Waals surface area contributed by atoms with Gasteiger partial charge in [-0.15, -0.1) is 0 Å². The predicted molar refractivity (Wildman–Crippen MR) is 60.9 cm³/mol. The lowest BCUT2D eigenvalue weighted by atomic mass is 10.5. The highest BCUT2D eigenvalue weighted by Gasteiger charge is 2.16. The first-order chi connectivity index (χ1) is 7.49. The molecule has 0 unspecified atom stereocenters. The van der Waals surface area contributed by atoms with Crippen LogP contribution in [0.3, 0.4) is 0 Å². The third-order valence-electron chi connectivity index (χ3n) is 2.62. The Kier molecular flexibility index (Phi) is 2.38. The van der Waals surface area contributed by atoms with Gasteiger partial charge in [0.05, 0.1) is 0 Å². The lowest BCUT2D eigenvalue weighted by Crippen LogP contribution is -2.39. The maximum absolute atomic E-state index is 12.0. The molecule has 0 fully saturated rings. The minimum absolute atomic E-state index is 0.191. The fourth-order valence-corrected chi connectivity index (χ4v) is 1.86. The monoisotopic (exact) mass is 242 g/mol. The summed E-state index contributed by atoms with van der Waals surface area (Å²) < 4.78 is 3.96. The van der Waals surface area contributed by atoms with Crippen molar-refractivity contribution < 1.29 is 0 Å². The summed E-state index contributed by atoms with van der Waals surface area (Å²) in [5.74, 6) is 0. The zero-order chi connectivity index (χ0) is 12.0. The number of hydrogen-bond acceptors (Lipinski definition) is 3. The first-order valence-corrected chi connectivity index (χ1v) is 5.18. The van der Waals surface area contributed by atoms with Crippen molar-refractivity contribution >= 4 is 22.8 Å². The molecule has 0 saturated carbocycles. The first kappa shape index (κ1) is 10.9. The van der Waals surface area contributed by atoms with Crippen molar-refractivity contribution in [3.8, 4) is 0 Å². The molecule has 0 spiro atoms. The number of aryl methyl sites for hydroxylation is 2. The Morgan fingerprint density at radius 3 is 2.44 bits per heavy atom. The molecule has 2 aromatic heterocycles. The highest BCUT2D eigenvalue weighted by atomic mass is 35.5. The van der Waals surface area contributed by atoms with Crippen LogP contribution in [0.1, 0.15) is 6.92 Å². The van der Waals surface area contributed by atoms with E-state index < -0.39 is 0 Å². The van der Waals surface area contributed by atoms with Crippen LogP contribution in [0, 0.1) is 0 Å². The molecule has 6 nitrogen and oxygen atoms in total. The predicted octanol–water partition coefficient (Wildman–Crippen LogP) is 0.107. The number of imidazole rings is 1. The topological polar surface area (TPSA) is 61.8 Å². The van der Waals surface area contributed by atoms with E-state index in [0.29, 0.717) is 17.7 Å². The van der Waals surface area contributed by atoms with E-state index in [1.54, 1.807) is 21.0 Å². The van der Waals surface area contributed by atoms with E-state index in [1.165, 1.54) is 9.13 Å². The van der Waals surface area contributed by atoms with Crippen LogP contribution in [0.2, 0.25) is 5.28 Å². The van der Waals surface area contributed by atoms with Gasteiger partial charge in [0.25, 0.3) is 5.56 Å². The number of hydrogen-bond donors (Lipinski definition) is 0. The highest BCUT2D eigenvalue weighted by Crippen LogP contribution is 2.12. The molecule has 0 atom stereocenters. The average molecular weight is 243 g/mol. The number of aromatic nitrogens is 4. The number of fused-ring (bicyclic) bond motifs is 1. The van der Waals surface area contributed by atoms with Crippen molar-refractivity contribution in [3.63, 3.8) is 0 Å². The van der Waals surface area contributed by atoms with Gasteiger partial charge in [-0.25, -0.2) is 4.79 Å². The number of nitrogens with zero attached hydrogens (tertiary/aromatic N) is 4. The minimum Gasteiger partial charge on any atom is -0.312 e. The summed E-state index contributed by atoms with van der Waals surface area (Å²) in [7, 11) is 3.21. The fraction of sp³-hybridized carbons (Fsp3) is 0.444. The third kappa shape index (κ3) is 1.23. The number of rotatable bonds is 1. The van der Waals surface area contributed by atoms with Gasteiger partial charge in [0, 0.05) is 20.6 Å². The molecular formula is C9H11ClN4O2. The van der Waals surface area contributed by atoms with E-state index in [9.17, 15) is 9.59 Å². The third-order valence-corrected chi connectivity index (χ3v) is 2.96. The van der Waals surface area contributed by atoms with E-state index in [4.69, 9.17) is 11.6 Å². The Labute approximate surface area is 95.7 Å². The molecule has 0 bridgehead atoms. The van der Waals surface area contributed by atoms with Crippen molar-refractivity contribution in [1.82, 2.24) is 18.7 Å². The fourth-order valence-electron chi connectivity index (χ4n) is 1.70. The van der Waals surface area contributed by atoms with Gasteiger partial charge in [-0.2, -0.15) is 4.98 Å². The summed E-state index contributed by atoms with van der Waals surface area (Å²) in [5, 5.41) is 0.191. The van der Waals surface area contributed by atoms with Crippen LogP contribution in [0.15, 0.2) is 9.59 Å². The highest BCUT2D eigenvalue weighted by molar-refractivity contribution is 6.29. The molecule has 0 aromatic carbocycles. The van der Waals surface area contributed by atoms with Crippen LogP contribution < -0.4 is 11.2 Å². The summed E-state index contributed by atoms with van der Waals surface area (Å²) in [6, 6.07) is 0. The molecule has 0 aliphatic carbocycles. The van der Waals surface area contributed by atoms with Gasteiger partial charge in [-0.3, -0.25) is 13.9 Å². The molecule has 0 aliphatic rings. The maximum atomic E-state index is 12.0. The Bertz CT molecular complexity index is 679. The Morgan fingerprint density at radius 2 is 1.88 bits per heavy atom. The number of halogens is 1. The van der Waals surface area contributed by atoms with Gasteiger partial charge in [0.2, 0.25) is 5.28 Å². The second-order valence-corrected chi connectivity index (χ2v) is 3.84. The summed E-state index contributed by atoms with van der Waals surface area (Å²) in [4.78, 5) is 27.8. The molecule has 0 amide bonds. The van der Waals surface area contributed by atoms with Gasteiger partial charge >= 0.3 is 5.69 Å². The molecule has 0 aliphatic heterocycles. The summed E-state index contributed by atoms with van der Waals surface area (Å²) in [6.45, 7) is 2.07. The van der Waals surface area contributed by atoms with E-state index in [1.807, 2.05) is 0 Å². The lowest BCUT2D eigenvalue weighted by Gasteiger charge is -2.05. The van der Waals surface area contributed by atoms with E-state index in [-0.39, 0.29) is 16.5 Å². The van der Waals surface area contributed by atoms with Crippen molar-refractivity contribution in [3.05, 3.63) is 26.1 Å². The Hall–Kier alpha value is -1.56. The van der Waals surface area contributed by atoms with Gasteiger partial charge < -0.3 is 4.57 Å². The molecule has 7 heteroatoms. The summed E-state index contributed by atoms with van der Waals surface area (Å²) >= 11 is 5.83. The normalized spacial score (nSPS) is 11.2. The Balaban J connectivity index is 3.15. The summed E-state index contributed by atoms with van der Waals surface area (Å²) in [5.41, 5.74) is -0.0848. The van der Waals surface area contributed by atoms with Gasteiger partial charge in [-0.1, -0.05) is 0 Å². The second kappa shape index (κ2) is 3.48. The molecule has 2 heterocycles. The zero-order valence-electron chi connectivity index (χ0n) is 9.19. The smallest absolute Gasteiger partial charge is 0.312 e. The largest absolute Gasteiger partial charge is 0.332 e. The van der Waals surface area contributed by atoms with Crippen LogP contribution in [-0.2, 0) is 20.6 Å². The van der Waals surface area contributed by atoms with Crippen LogP contribution in [0.25, 0.3) is 11.2 Å². The maximum Gasteiger partial charge on any atom is 0.332 e. The van der Waals surface area contributed by atoms with Crippen molar-refractivity contribution in [1.29, 1.82) is 0 Å². The molecular weight excluding hydrogens is 232 g/mol. The standard InChI is InChI=1S/C9H11ClN4O2/c1-4-14-7(15)5-6(13(3)9(14)16)11-8(10)12(5)2/h4H2,1-3H3. The zero-order valence-corrected chi connectivity index (χ0v) is 9.95. The average Bonchev–Trinajstić information content (AvgIpc) is 2.54. The molecule has 16 heavy (non-hydrogen) atoms. The molecule has 0 N–H and O–H groups in total. The summed E-state index contributed by atoms with van der Waals surface area (Å²) in [6.07, 6.45) is 0. The molecule has 0 radical (unpaired) electrons.